The Balaban J connectivity index is 0.831. The number of thiophene rings is 3. The Morgan fingerprint density at radius 3 is 1.40 bits per heavy atom. The van der Waals surface area contributed by atoms with Crippen molar-refractivity contribution in [3.8, 4) is 78.0 Å². The summed E-state index contributed by atoms with van der Waals surface area (Å²) in [6.45, 7) is 0. The number of aromatic nitrogens is 4. The molecule has 16 aromatic rings. The minimum Gasteiger partial charge on any atom is -0.254 e. The number of nitrogens with zero attached hydrogens (tertiary/aromatic N) is 4. The largest absolute Gasteiger partial charge is 0.254 e. The molecule has 0 bridgehead atoms. The highest BCUT2D eigenvalue weighted by molar-refractivity contribution is 7.27. The molecule has 4 nitrogen and oxygen atoms in total. The van der Waals surface area contributed by atoms with E-state index >= 15 is 0 Å². The highest BCUT2D eigenvalue weighted by atomic mass is 32.1. The van der Waals surface area contributed by atoms with Gasteiger partial charge in [0.25, 0.3) is 0 Å². The number of hydrogen-bond donors (Lipinski definition) is 0. The lowest BCUT2D eigenvalue weighted by molar-refractivity contribution is 1.24. The van der Waals surface area contributed by atoms with E-state index in [9.17, 15) is 0 Å². The fourth-order valence-electron chi connectivity index (χ4n) is 11.7. The summed E-state index contributed by atoms with van der Waals surface area (Å²) in [4.78, 5) is 19.9. The molecular weight excluding hydrogens is 993 g/mol. The molecule has 358 valence electrons. The second-order valence-corrected chi connectivity index (χ2v) is 22.8. The van der Waals surface area contributed by atoms with Crippen LogP contribution in [0.1, 0.15) is 0 Å². The van der Waals surface area contributed by atoms with Gasteiger partial charge < -0.3 is 0 Å². The van der Waals surface area contributed by atoms with Crippen LogP contribution in [0.4, 0.5) is 0 Å². The molecular formula is C70H40N4S3. The van der Waals surface area contributed by atoms with E-state index in [2.05, 4.69) is 224 Å². The van der Waals surface area contributed by atoms with Crippen molar-refractivity contribution in [2.45, 2.75) is 0 Å². The minimum absolute atomic E-state index is 0.895. The molecule has 0 amide bonds. The average molecular weight is 1030 g/mol. The third kappa shape index (κ3) is 7.23. The molecule has 10 aromatic carbocycles. The van der Waals surface area contributed by atoms with Crippen molar-refractivity contribution in [1.29, 1.82) is 0 Å². The first-order chi connectivity index (χ1) is 38.1. The summed E-state index contributed by atoms with van der Waals surface area (Å²) in [7, 11) is 0. The topological polar surface area (TPSA) is 51.6 Å². The second kappa shape index (κ2) is 17.7. The van der Waals surface area contributed by atoms with Crippen molar-refractivity contribution in [2.24, 2.45) is 0 Å². The zero-order valence-electron chi connectivity index (χ0n) is 41.1. The summed E-state index contributed by atoms with van der Waals surface area (Å²) in [5.74, 6) is 0. The maximum atomic E-state index is 5.01. The van der Waals surface area contributed by atoms with Crippen LogP contribution in [0.5, 0.6) is 0 Å². The normalized spacial score (nSPS) is 11.9. The third-order valence-electron chi connectivity index (χ3n) is 15.3. The van der Waals surface area contributed by atoms with Gasteiger partial charge in [0.1, 0.15) is 6.33 Å². The number of rotatable bonds is 7. The zero-order valence-corrected chi connectivity index (χ0v) is 43.6. The molecule has 0 aliphatic rings. The van der Waals surface area contributed by atoms with E-state index in [0.29, 0.717) is 0 Å². The van der Waals surface area contributed by atoms with Crippen LogP contribution >= 0.6 is 34.0 Å². The van der Waals surface area contributed by atoms with E-state index in [-0.39, 0.29) is 0 Å². The Kier molecular flexibility index (Phi) is 10.1. The first-order valence-electron chi connectivity index (χ1n) is 25.7. The molecule has 6 heterocycles. The number of fused-ring (bicyclic) bond motifs is 12. The molecule has 0 N–H and O–H groups in total. The molecule has 0 atom stereocenters. The van der Waals surface area contributed by atoms with Gasteiger partial charge in [-0.05, 0) is 133 Å². The van der Waals surface area contributed by atoms with Gasteiger partial charge in [0.15, 0.2) is 0 Å². The van der Waals surface area contributed by atoms with Crippen molar-refractivity contribution >= 4 is 116 Å². The fraction of sp³-hybridized carbons (Fsp3) is 0. The van der Waals surface area contributed by atoms with E-state index in [1.54, 1.807) is 17.7 Å². The minimum atomic E-state index is 0.895. The highest BCUT2D eigenvalue weighted by Gasteiger charge is 2.19. The molecule has 77 heavy (non-hydrogen) atoms. The molecule has 0 aliphatic carbocycles. The molecule has 0 radical (unpaired) electrons. The van der Waals surface area contributed by atoms with Crippen molar-refractivity contribution in [3.05, 3.63) is 243 Å². The van der Waals surface area contributed by atoms with Crippen LogP contribution in [0.25, 0.3) is 160 Å². The van der Waals surface area contributed by atoms with E-state index in [1.807, 2.05) is 35.1 Å². The first-order valence-corrected chi connectivity index (χ1v) is 28.2. The monoisotopic (exact) mass is 1030 g/mol. The summed E-state index contributed by atoms with van der Waals surface area (Å²) in [6.07, 6.45) is 5.57. The number of pyridine rings is 2. The van der Waals surface area contributed by atoms with E-state index in [0.717, 1.165) is 93.2 Å². The summed E-state index contributed by atoms with van der Waals surface area (Å²) in [5, 5.41) is 8.46. The molecule has 7 heteroatoms. The lowest BCUT2D eigenvalue weighted by atomic mass is 9.91. The fourth-order valence-corrected chi connectivity index (χ4v) is 15.3. The predicted octanol–water partition coefficient (Wildman–Crippen LogP) is 20.3. The van der Waals surface area contributed by atoms with Crippen LogP contribution in [-0.4, -0.2) is 19.9 Å². The van der Waals surface area contributed by atoms with Crippen molar-refractivity contribution in [2.75, 3.05) is 0 Å². The van der Waals surface area contributed by atoms with Crippen molar-refractivity contribution < 1.29 is 0 Å². The molecule has 6 aromatic heterocycles. The SMILES string of the molecule is c1ccc(-c2ccnc3c2ccc2c(-c4cccc(-c5cc(-c6ccc7sc8c(-c9cccc(-c%10cccc%11c%10sc%10ccccc%10%11)c9)ncnc8c7c6)cc(-c6cccc7c6sc6ccccc67)c5)c4)ccnc23)cc1. The Labute approximate surface area is 454 Å². The Morgan fingerprint density at radius 1 is 0.234 bits per heavy atom. The van der Waals surface area contributed by atoms with Crippen molar-refractivity contribution in [1.82, 2.24) is 19.9 Å². The third-order valence-corrected chi connectivity index (χ3v) is 18.9. The van der Waals surface area contributed by atoms with E-state index < -0.39 is 0 Å². The molecule has 0 fully saturated rings. The lowest BCUT2D eigenvalue weighted by Crippen LogP contribution is -1.91. The van der Waals surface area contributed by atoms with Crippen LogP contribution in [0, 0.1) is 0 Å². The van der Waals surface area contributed by atoms with Crippen LogP contribution in [0.2, 0.25) is 0 Å². The standard InChI is InChI=1S/C70H40N4S3/c1-2-12-41(13-3-1)50-30-32-71-65-56(50)27-28-57-51(31-33-72-66(57)65)44-15-8-14-42(34-44)47-36-48(38-49(37-47)53-21-11-23-59-55-19-5-7-25-62(55)76-69(53)59)43-26-29-63-60(39-43)67-70(77-63)64(73-40-74-67)46-17-9-16-45(35-46)52-20-10-22-58-54-18-4-6-24-61(54)75-68(52)58/h1-40H. The van der Waals surface area contributed by atoms with E-state index in [1.165, 1.54) is 67.3 Å². The van der Waals surface area contributed by atoms with Gasteiger partial charge in [0.05, 0.1) is 26.9 Å². The molecule has 16 rings (SSSR count). The molecule has 0 spiro atoms. The quantitative estimate of drug-likeness (QED) is 0.149. The van der Waals surface area contributed by atoms with Gasteiger partial charge in [-0.2, -0.15) is 0 Å². The van der Waals surface area contributed by atoms with Crippen molar-refractivity contribution in [3.63, 3.8) is 0 Å². The first kappa shape index (κ1) is 44.1. The maximum Gasteiger partial charge on any atom is 0.116 e. The van der Waals surface area contributed by atoms with Gasteiger partial charge >= 0.3 is 0 Å². The predicted molar refractivity (Wildman–Crippen MR) is 329 cm³/mol. The highest BCUT2D eigenvalue weighted by Crippen LogP contribution is 2.46. The summed E-state index contributed by atoms with van der Waals surface area (Å²) < 4.78 is 7.46. The molecule has 0 saturated heterocycles. The van der Waals surface area contributed by atoms with Gasteiger partial charge in [0.2, 0.25) is 0 Å². The summed E-state index contributed by atoms with van der Waals surface area (Å²) in [6, 6.07) is 81.9. The van der Waals surface area contributed by atoms with Crippen LogP contribution in [0.3, 0.4) is 0 Å². The maximum absolute atomic E-state index is 5.01. The molecule has 0 aliphatic heterocycles. The number of hydrogen-bond acceptors (Lipinski definition) is 7. The van der Waals surface area contributed by atoms with E-state index in [4.69, 9.17) is 19.9 Å². The summed E-state index contributed by atoms with van der Waals surface area (Å²) >= 11 is 5.50. The summed E-state index contributed by atoms with van der Waals surface area (Å²) in [5.41, 5.74) is 18.7. The van der Waals surface area contributed by atoms with Crippen LogP contribution < -0.4 is 0 Å². The zero-order chi connectivity index (χ0) is 50.6. The van der Waals surface area contributed by atoms with Gasteiger partial charge in [-0.1, -0.05) is 158 Å². The van der Waals surface area contributed by atoms with Gasteiger partial charge in [0, 0.05) is 79.2 Å². The number of benzene rings is 10. The average Bonchev–Trinajstić information content (AvgIpc) is 4.28. The van der Waals surface area contributed by atoms with Crippen LogP contribution in [0.15, 0.2) is 243 Å². The molecule has 0 saturated carbocycles. The lowest BCUT2D eigenvalue weighted by Gasteiger charge is -2.14. The molecule has 0 unspecified atom stereocenters. The smallest absolute Gasteiger partial charge is 0.116 e. The Bertz CT molecular complexity index is 5070. The van der Waals surface area contributed by atoms with Gasteiger partial charge in [-0.3, -0.25) is 9.97 Å². The van der Waals surface area contributed by atoms with Gasteiger partial charge in [-0.15, -0.1) is 34.0 Å². The Hall–Kier alpha value is -9.24. The second-order valence-electron chi connectivity index (χ2n) is 19.7. The van der Waals surface area contributed by atoms with Gasteiger partial charge in [-0.25, -0.2) is 9.97 Å². The van der Waals surface area contributed by atoms with Crippen LogP contribution in [-0.2, 0) is 0 Å². The Morgan fingerprint density at radius 2 is 0.714 bits per heavy atom.